The number of carboxylic acids is 1. The third kappa shape index (κ3) is 4.51. The first-order valence-electron chi connectivity index (χ1n) is 6.97. The number of methoxy groups -OCH3 is 1. The fourth-order valence-electron chi connectivity index (χ4n) is 2.44. The molecule has 1 aromatic carbocycles. The zero-order valence-electron chi connectivity index (χ0n) is 11.9. The van der Waals surface area contributed by atoms with Crippen molar-refractivity contribution in [2.45, 2.75) is 6.42 Å². The van der Waals surface area contributed by atoms with E-state index in [4.69, 9.17) is 9.84 Å². The number of ether oxygens (including phenoxy) is 1. The third-order valence-electron chi connectivity index (χ3n) is 3.70. The predicted octanol–water partition coefficient (Wildman–Crippen LogP) is 0.940. The summed E-state index contributed by atoms with van der Waals surface area (Å²) in [7, 11) is 1.67. The van der Waals surface area contributed by atoms with Crippen LogP contribution < -0.4 is 4.74 Å². The zero-order chi connectivity index (χ0) is 14.4. The van der Waals surface area contributed by atoms with Gasteiger partial charge in [-0.3, -0.25) is 9.69 Å². The number of carbonyl (C=O) groups is 1. The van der Waals surface area contributed by atoms with Crippen LogP contribution in [-0.2, 0) is 11.2 Å². The standard InChI is InChI=1S/C15H22N2O3/c1-20-14-4-2-13(3-5-14)6-7-16-8-10-17(11-9-16)12-15(18)19/h2-5H,6-12H2,1H3,(H,18,19). The molecule has 5 heteroatoms. The molecule has 0 unspecified atom stereocenters. The number of carboxylic acid groups (broad SMARTS) is 1. The minimum absolute atomic E-state index is 0.159. The number of piperazine rings is 1. The second-order valence-corrected chi connectivity index (χ2v) is 5.11. The normalized spacial score (nSPS) is 17.1. The Morgan fingerprint density at radius 2 is 1.75 bits per heavy atom. The van der Waals surface area contributed by atoms with E-state index in [-0.39, 0.29) is 6.54 Å². The van der Waals surface area contributed by atoms with E-state index in [1.807, 2.05) is 17.0 Å². The maximum atomic E-state index is 10.6. The molecule has 1 saturated heterocycles. The number of benzene rings is 1. The largest absolute Gasteiger partial charge is 0.497 e. The van der Waals surface area contributed by atoms with Gasteiger partial charge in [0.15, 0.2) is 0 Å². The summed E-state index contributed by atoms with van der Waals surface area (Å²) >= 11 is 0. The van der Waals surface area contributed by atoms with Crippen LogP contribution in [0, 0.1) is 0 Å². The van der Waals surface area contributed by atoms with E-state index < -0.39 is 5.97 Å². The van der Waals surface area contributed by atoms with Crippen LogP contribution in [0.5, 0.6) is 5.75 Å². The van der Waals surface area contributed by atoms with Gasteiger partial charge in [0.1, 0.15) is 5.75 Å². The second-order valence-electron chi connectivity index (χ2n) is 5.11. The van der Waals surface area contributed by atoms with E-state index >= 15 is 0 Å². The summed E-state index contributed by atoms with van der Waals surface area (Å²) < 4.78 is 5.14. The molecule has 5 nitrogen and oxygen atoms in total. The number of hydrogen-bond donors (Lipinski definition) is 1. The number of rotatable bonds is 6. The Hall–Kier alpha value is -1.59. The van der Waals surface area contributed by atoms with Crippen LogP contribution in [0.25, 0.3) is 0 Å². The van der Waals surface area contributed by atoms with Gasteiger partial charge in [0.2, 0.25) is 0 Å². The molecular formula is C15H22N2O3. The van der Waals surface area contributed by atoms with Crippen molar-refractivity contribution in [3.63, 3.8) is 0 Å². The molecule has 1 aliphatic rings. The van der Waals surface area contributed by atoms with Gasteiger partial charge in [0, 0.05) is 32.7 Å². The van der Waals surface area contributed by atoms with Gasteiger partial charge in [-0.05, 0) is 24.1 Å². The monoisotopic (exact) mass is 278 g/mol. The molecule has 1 fully saturated rings. The predicted molar refractivity (Wildman–Crippen MR) is 77.2 cm³/mol. The molecule has 0 bridgehead atoms. The lowest BCUT2D eigenvalue weighted by molar-refractivity contribution is -0.138. The van der Waals surface area contributed by atoms with Crippen LogP contribution in [0.15, 0.2) is 24.3 Å². The maximum Gasteiger partial charge on any atom is 0.317 e. The summed E-state index contributed by atoms with van der Waals surface area (Å²) in [6.45, 7) is 4.76. The molecule has 1 N–H and O–H groups in total. The zero-order valence-corrected chi connectivity index (χ0v) is 11.9. The van der Waals surface area contributed by atoms with Gasteiger partial charge < -0.3 is 14.7 Å². The Bertz CT molecular complexity index is 425. The third-order valence-corrected chi connectivity index (χ3v) is 3.70. The van der Waals surface area contributed by atoms with E-state index in [1.54, 1.807) is 7.11 Å². The van der Waals surface area contributed by atoms with E-state index in [2.05, 4.69) is 17.0 Å². The average Bonchev–Trinajstić information content (AvgIpc) is 2.46. The van der Waals surface area contributed by atoms with Crippen LogP contribution >= 0.6 is 0 Å². The molecule has 1 heterocycles. The van der Waals surface area contributed by atoms with Crippen molar-refractivity contribution in [2.24, 2.45) is 0 Å². The quantitative estimate of drug-likeness (QED) is 0.839. The molecule has 2 rings (SSSR count). The first-order valence-corrected chi connectivity index (χ1v) is 6.97. The molecular weight excluding hydrogens is 256 g/mol. The second kappa shape index (κ2) is 7.26. The molecule has 0 aliphatic carbocycles. The Balaban J connectivity index is 1.71. The van der Waals surface area contributed by atoms with Gasteiger partial charge in [0.05, 0.1) is 13.7 Å². The summed E-state index contributed by atoms with van der Waals surface area (Å²) in [4.78, 5) is 15.0. The molecule has 0 amide bonds. The number of aliphatic carboxylic acids is 1. The molecule has 1 aromatic rings. The summed E-state index contributed by atoms with van der Waals surface area (Å²) in [5, 5.41) is 8.76. The summed E-state index contributed by atoms with van der Waals surface area (Å²) in [5.74, 6) is 0.146. The van der Waals surface area contributed by atoms with E-state index in [0.29, 0.717) is 0 Å². The Morgan fingerprint density at radius 1 is 1.15 bits per heavy atom. The smallest absolute Gasteiger partial charge is 0.317 e. The number of hydrogen-bond acceptors (Lipinski definition) is 4. The van der Waals surface area contributed by atoms with E-state index in [1.165, 1.54) is 5.56 Å². The van der Waals surface area contributed by atoms with Crippen LogP contribution in [0.1, 0.15) is 5.56 Å². The highest BCUT2D eigenvalue weighted by molar-refractivity contribution is 5.69. The van der Waals surface area contributed by atoms with Crippen molar-refractivity contribution in [1.29, 1.82) is 0 Å². The number of nitrogens with zero attached hydrogens (tertiary/aromatic N) is 2. The summed E-state index contributed by atoms with van der Waals surface area (Å²) in [6, 6.07) is 8.17. The molecule has 20 heavy (non-hydrogen) atoms. The lowest BCUT2D eigenvalue weighted by Crippen LogP contribution is -2.48. The topological polar surface area (TPSA) is 53.0 Å². The van der Waals surface area contributed by atoms with Gasteiger partial charge in [-0.25, -0.2) is 0 Å². The van der Waals surface area contributed by atoms with Gasteiger partial charge in [0.25, 0.3) is 0 Å². The Labute approximate surface area is 119 Å². The minimum Gasteiger partial charge on any atom is -0.497 e. The van der Waals surface area contributed by atoms with Gasteiger partial charge in [-0.15, -0.1) is 0 Å². The molecule has 110 valence electrons. The lowest BCUT2D eigenvalue weighted by atomic mass is 10.1. The molecule has 0 spiro atoms. The van der Waals surface area contributed by atoms with Crippen molar-refractivity contribution >= 4 is 5.97 Å². The fraction of sp³-hybridized carbons (Fsp3) is 0.533. The molecule has 1 aliphatic heterocycles. The lowest BCUT2D eigenvalue weighted by Gasteiger charge is -2.33. The maximum absolute atomic E-state index is 10.6. The van der Waals surface area contributed by atoms with Gasteiger partial charge in [-0.1, -0.05) is 12.1 Å². The molecule has 0 aromatic heterocycles. The minimum atomic E-state index is -0.739. The Morgan fingerprint density at radius 3 is 2.30 bits per heavy atom. The van der Waals surface area contributed by atoms with Crippen LogP contribution in [0.2, 0.25) is 0 Å². The average molecular weight is 278 g/mol. The van der Waals surface area contributed by atoms with Crippen molar-refractivity contribution in [3.8, 4) is 5.75 Å². The van der Waals surface area contributed by atoms with Crippen molar-refractivity contribution in [2.75, 3.05) is 46.4 Å². The Kier molecular flexibility index (Phi) is 5.38. The highest BCUT2D eigenvalue weighted by atomic mass is 16.5. The van der Waals surface area contributed by atoms with E-state index in [0.717, 1.165) is 44.9 Å². The SMILES string of the molecule is COc1ccc(CCN2CCN(CC(=O)O)CC2)cc1. The van der Waals surface area contributed by atoms with Crippen LogP contribution in [0.4, 0.5) is 0 Å². The van der Waals surface area contributed by atoms with Crippen molar-refractivity contribution < 1.29 is 14.6 Å². The fourth-order valence-corrected chi connectivity index (χ4v) is 2.44. The molecule has 0 radical (unpaired) electrons. The first kappa shape index (κ1) is 14.8. The highest BCUT2D eigenvalue weighted by Crippen LogP contribution is 2.12. The van der Waals surface area contributed by atoms with Crippen molar-refractivity contribution in [1.82, 2.24) is 9.80 Å². The molecule has 0 saturated carbocycles. The first-order chi connectivity index (χ1) is 9.67. The van der Waals surface area contributed by atoms with Gasteiger partial charge in [-0.2, -0.15) is 0 Å². The summed E-state index contributed by atoms with van der Waals surface area (Å²) in [5.41, 5.74) is 1.30. The van der Waals surface area contributed by atoms with Crippen molar-refractivity contribution in [3.05, 3.63) is 29.8 Å². The van der Waals surface area contributed by atoms with Crippen LogP contribution in [0.3, 0.4) is 0 Å². The molecule has 0 atom stereocenters. The highest BCUT2D eigenvalue weighted by Gasteiger charge is 2.18. The van der Waals surface area contributed by atoms with E-state index in [9.17, 15) is 4.79 Å². The van der Waals surface area contributed by atoms with Crippen LogP contribution in [-0.4, -0.2) is 67.3 Å². The summed E-state index contributed by atoms with van der Waals surface area (Å²) in [6.07, 6.45) is 1.02. The van der Waals surface area contributed by atoms with Gasteiger partial charge >= 0.3 is 5.97 Å².